The summed E-state index contributed by atoms with van der Waals surface area (Å²) < 4.78 is 11.0. The average Bonchev–Trinajstić information content (AvgIpc) is 2.54. The number of rotatable bonds is 5. The van der Waals surface area contributed by atoms with Crippen LogP contribution in [0, 0.1) is 0 Å². The first-order valence-corrected chi connectivity index (χ1v) is 7.41. The molecule has 0 saturated heterocycles. The molecule has 1 aromatic carbocycles. The lowest BCUT2D eigenvalue weighted by Gasteiger charge is -2.26. The van der Waals surface area contributed by atoms with Crippen LogP contribution in [0.5, 0.6) is 11.6 Å². The van der Waals surface area contributed by atoms with E-state index in [1.165, 1.54) is 5.56 Å². The summed E-state index contributed by atoms with van der Waals surface area (Å²) in [5.41, 5.74) is 2.30. The normalized spacial score (nSPS) is 16.7. The maximum absolute atomic E-state index is 5.69. The van der Waals surface area contributed by atoms with Crippen LogP contribution >= 0.6 is 0 Å². The summed E-state index contributed by atoms with van der Waals surface area (Å²) in [6.45, 7) is 4.26. The molecule has 1 aromatic heterocycles. The molecule has 1 aliphatic heterocycles. The number of benzene rings is 1. The van der Waals surface area contributed by atoms with Gasteiger partial charge >= 0.3 is 0 Å². The monoisotopic (exact) mass is 284 g/mol. The van der Waals surface area contributed by atoms with Crippen LogP contribution in [0.4, 0.5) is 5.69 Å². The molecule has 2 aromatic rings. The summed E-state index contributed by atoms with van der Waals surface area (Å²) in [7, 11) is 0. The number of hydrogen-bond acceptors (Lipinski definition) is 4. The Kier molecular flexibility index (Phi) is 4.24. The van der Waals surface area contributed by atoms with Crippen molar-refractivity contribution in [2.45, 2.75) is 19.3 Å². The second-order valence-electron chi connectivity index (χ2n) is 5.07. The highest BCUT2D eigenvalue weighted by molar-refractivity contribution is 5.44. The first-order chi connectivity index (χ1) is 10.4. The molecule has 3 rings (SSSR count). The maximum Gasteiger partial charge on any atom is 0.213 e. The summed E-state index contributed by atoms with van der Waals surface area (Å²) in [6.07, 6.45) is 2.85. The first kappa shape index (κ1) is 13.7. The standard InChI is InChI=1S/C17H20N2O2/c1-2-20-17-8-7-14(12-19-17)18-11-13-9-10-21-16-6-4-3-5-15(13)16/h3-8,12-13,18H,2,9-11H2,1H3. The van der Waals surface area contributed by atoms with E-state index in [2.05, 4.69) is 22.4 Å². The van der Waals surface area contributed by atoms with Crippen LogP contribution in [-0.4, -0.2) is 24.7 Å². The smallest absolute Gasteiger partial charge is 0.213 e. The molecule has 0 saturated carbocycles. The van der Waals surface area contributed by atoms with Crippen molar-refractivity contribution in [3.05, 3.63) is 48.2 Å². The Morgan fingerprint density at radius 1 is 1.29 bits per heavy atom. The molecule has 1 atom stereocenters. The van der Waals surface area contributed by atoms with E-state index in [0.29, 0.717) is 18.4 Å². The van der Waals surface area contributed by atoms with E-state index in [-0.39, 0.29) is 0 Å². The third-order valence-electron chi connectivity index (χ3n) is 3.66. The van der Waals surface area contributed by atoms with Crippen LogP contribution in [-0.2, 0) is 0 Å². The molecular formula is C17H20N2O2. The van der Waals surface area contributed by atoms with Crippen LogP contribution in [0.1, 0.15) is 24.8 Å². The molecule has 4 heteroatoms. The predicted molar refractivity (Wildman–Crippen MR) is 83.2 cm³/mol. The third kappa shape index (κ3) is 3.27. The molecule has 21 heavy (non-hydrogen) atoms. The second kappa shape index (κ2) is 6.48. The molecule has 110 valence electrons. The van der Waals surface area contributed by atoms with E-state index in [1.54, 1.807) is 0 Å². The fourth-order valence-electron chi connectivity index (χ4n) is 2.59. The van der Waals surface area contributed by atoms with E-state index in [4.69, 9.17) is 9.47 Å². The predicted octanol–water partition coefficient (Wildman–Crippen LogP) is 3.46. The molecule has 4 nitrogen and oxygen atoms in total. The van der Waals surface area contributed by atoms with Gasteiger partial charge in [0.1, 0.15) is 5.75 Å². The van der Waals surface area contributed by atoms with Gasteiger partial charge in [-0.2, -0.15) is 0 Å². The van der Waals surface area contributed by atoms with Gasteiger partial charge in [0.05, 0.1) is 25.1 Å². The highest BCUT2D eigenvalue weighted by Crippen LogP contribution is 2.33. The Morgan fingerprint density at radius 2 is 2.19 bits per heavy atom. The van der Waals surface area contributed by atoms with Gasteiger partial charge in [-0.15, -0.1) is 0 Å². The topological polar surface area (TPSA) is 43.4 Å². The molecule has 1 N–H and O–H groups in total. The van der Waals surface area contributed by atoms with Crippen molar-refractivity contribution in [1.29, 1.82) is 0 Å². The minimum absolute atomic E-state index is 0.474. The molecule has 0 spiro atoms. The van der Waals surface area contributed by atoms with Crippen molar-refractivity contribution < 1.29 is 9.47 Å². The minimum Gasteiger partial charge on any atom is -0.493 e. The number of nitrogens with one attached hydrogen (secondary N) is 1. The van der Waals surface area contributed by atoms with E-state index in [1.807, 2.05) is 37.4 Å². The zero-order valence-electron chi connectivity index (χ0n) is 12.2. The average molecular weight is 284 g/mol. The number of aromatic nitrogens is 1. The summed E-state index contributed by atoms with van der Waals surface area (Å²) in [5.74, 6) is 2.15. The Bertz CT molecular complexity index is 584. The van der Waals surface area contributed by atoms with Gasteiger partial charge < -0.3 is 14.8 Å². The highest BCUT2D eigenvalue weighted by Gasteiger charge is 2.20. The molecule has 0 fully saturated rings. The van der Waals surface area contributed by atoms with Crippen LogP contribution in [0.25, 0.3) is 0 Å². The molecule has 0 bridgehead atoms. The van der Waals surface area contributed by atoms with E-state index < -0.39 is 0 Å². The SMILES string of the molecule is CCOc1ccc(NCC2CCOc3ccccc32)cn1. The Morgan fingerprint density at radius 3 is 3.00 bits per heavy atom. The van der Waals surface area contributed by atoms with E-state index in [9.17, 15) is 0 Å². The molecule has 0 amide bonds. The van der Waals surface area contributed by atoms with Crippen molar-refractivity contribution in [2.75, 3.05) is 25.1 Å². The number of hydrogen-bond donors (Lipinski definition) is 1. The van der Waals surface area contributed by atoms with Gasteiger partial charge in [0.2, 0.25) is 5.88 Å². The lowest BCUT2D eigenvalue weighted by molar-refractivity contribution is 0.270. The van der Waals surface area contributed by atoms with Crippen LogP contribution < -0.4 is 14.8 Å². The van der Waals surface area contributed by atoms with Crippen molar-refractivity contribution in [3.8, 4) is 11.6 Å². The molecule has 1 unspecified atom stereocenters. The maximum atomic E-state index is 5.69. The van der Waals surface area contributed by atoms with Crippen molar-refractivity contribution in [2.24, 2.45) is 0 Å². The van der Waals surface area contributed by atoms with Crippen molar-refractivity contribution in [3.63, 3.8) is 0 Å². The van der Waals surface area contributed by atoms with Gasteiger partial charge in [-0.3, -0.25) is 0 Å². The Hall–Kier alpha value is -2.23. The number of ether oxygens (including phenoxy) is 2. The number of pyridine rings is 1. The van der Waals surface area contributed by atoms with Gasteiger partial charge in [0, 0.05) is 18.5 Å². The van der Waals surface area contributed by atoms with Gasteiger partial charge in [0.15, 0.2) is 0 Å². The molecular weight excluding hydrogens is 264 g/mol. The van der Waals surface area contributed by atoms with Crippen LogP contribution in [0.3, 0.4) is 0 Å². The molecule has 2 heterocycles. The van der Waals surface area contributed by atoms with Gasteiger partial charge in [-0.25, -0.2) is 4.98 Å². The fraction of sp³-hybridized carbons (Fsp3) is 0.353. The summed E-state index contributed by atoms with van der Waals surface area (Å²) in [5, 5.41) is 3.45. The first-order valence-electron chi connectivity index (χ1n) is 7.41. The largest absolute Gasteiger partial charge is 0.493 e. The van der Waals surface area contributed by atoms with Gasteiger partial charge in [0.25, 0.3) is 0 Å². The van der Waals surface area contributed by atoms with Crippen molar-refractivity contribution >= 4 is 5.69 Å². The number of nitrogens with zero attached hydrogens (tertiary/aromatic N) is 1. The highest BCUT2D eigenvalue weighted by atomic mass is 16.5. The van der Waals surface area contributed by atoms with Crippen molar-refractivity contribution in [1.82, 2.24) is 4.98 Å². The van der Waals surface area contributed by atoms with Crippen LogP contribution in [0.2, 0.25) is 0 Å². The van der Waals surface area contributed by atoms with E-state index in [0.717, 1.165) is 31.0 Å². The zero-order chi connectivity index (χ0) is 14.5. The number of fused-ring (bicyclic) bond motifs is 1. The summed E-state index contributed by atoms with van der Waals surface area (Å²) in [4.78, 5) is 4.27. The molecule has 1 aliphatic rings. The summed E-state index contributed by atoms with van der Waals surface area (Å²) in [6, 6.07) is 12.2. The van der Waals surface area contributed by atoms with Crippen LogP contribution in [0.15, 0.2) is 42.6 Å². The number of anilines is 1. The van der Waals surface area contributed by atoms with Gasteiger partial charge in [-0.05, 0) is 31.0 Å². The molecule has 0 aliphatic carbocycles. The number of para-hydroxylation sites is 1. The second-order valence-corrected chi connectivity index (χ2v) is 5.07. The summed E-state index contributed by atoms with van der Waals surface area (Å²) >= 11 is 0. The molecule has 0 radical (unpaired) electrons. The Balaban J connectivity index is 1.63. The lowest BCUT2D eigenvalue weighted by Crippen LogP contribution is -2.20. The quantitative estimate of drug-likeness (QED) is 0.913. The lowest BCUT2D eigenvalue weighted by atomic mass is 9.93. The van der Waals surface area contributed by atoms with E-state index >= 15 is 0 Å². The Labute approximate surface area is 125 Å². The minimum atomic E-state index is 0.474. The third-order valence-corrected chi connectivity index (χ3v) is 3.66. The fourth-order valence-corrected chi connectivity index (χ4v) is 2.59. The zero-order valence-corrected chi connectivity index (χ0v) is 12.2. The van der Waals surface area contributed by atoms with Gasteiger partial charge in [-0.1, -0.05) is 18.2 Å².